The van der Waals surface area contributed by atoms with Crippen LogP contribution in [0.3, 0.4) is 0 Å². The normalized spacial score (nSPS) is 9.94. The van der Waals surface area contributed by atoms with Crippen LogP contribution in [0, 0.1) is 0 Å². The molecule has 4 heteroatoms. The molecule has 0 amide bonds. The fraction of sp³-hybridized carbons (Fsp3) is 0.143. The van der Waals surface area contributed by atoms with Crippen molar-refractivity contribution >= 4 is 23.0 Å². The summed E-state index contributed by atoms with van der Waals surface area (Å²) in [5, 5.41) is 3.83. The van der Waals surface area contributed by atoms with Crippen molar-refractivity contribution in [3.8, 4) is 11.5 Å². The number of anilines is 2. The minimum atomic E-state index is 0.574. The summed E-state index contributed by atoms with van der Waals surface area (Å²) in [4.78, 5) is 0. The second kappa shape index (κ2) is 5.65. The topological polar surface area (TPSA) is 30.5 Å². The van der Waals surface area contributed by atoms with Gasteiger partial charge in [0.15, 0.2) is 0 Å². The molecular weight excluding hydrogens is 250 g/mol. The lowest BCUT2D eigenvalue weighted by atomic mass is 10.2. The molecule has 0 radical (unpaired) electrons. The zero-order chi connectivity index (χ0) is 13.0. The maximum Gasteiger partial charge on any atom is 0.137 e. The van der Waals surface area contributed by atoms with E-state index in [9.17, 15) is 0 Å². The van der Waals surface area contributed by atoms with Gasteiger partial charge in [0.25, 0.3) is 0 Å². The van der Waals surface area contributed by atoms with Gasteiger partial charge < -0.3 is 14.8 Å². The first-order chi connectivity index (χ1) is 8.72. The van der Waals surface area contributed by atoms with Gasteiger partial charge in [0, 0.05) is 17.4 Å². The van der Waals surface area contributed by atoms with E-state index in [4.69, 9.17) is 21.1 Å². The van der Waals surface area contributed by atoms with Crippen molar-refractivity contribution < 1.29 is 9.47 Å². The van der Waals surface area contributed by atoms with Crippen LogP contribution in [-0.4, -0.2) is 14.2 Å². The van der Waals surface area contributed by atoms with Crippen molar-refractivity contribution in [2.45, 2.75) is 0 Å². The Morgan fingerprint density at radius 1 is 0.944 bits per heavy atom. The number of rotatable bonds is 4. The SMILES string of the molecule is COc1cccc(Nc2ccc(OC)c(Cl)c2)c1. The maximum atomic E-state index is 6.06. The summed E-state index contributed by atoms with van der Waals surface area (Å²) < 4.78 is 10.3. The van der Waals surface area contributed by atoms with Gasteiger partial charge in [0.05, 0.1) is 19.2 Å². The van der Waals surface area contributed by atoms with Gasteiger partial charge in [-0.05, 0) is 30.3 Å². The standard InChI is InChI=1S/C14H14ClNO2/c1-17-12-5-3-4-10(8-12)16-11-6-7-14(18-2)13(15)9-11/h3-9,16H,1-2H3. The van der Waals surface area contributed by atoms with E-state index in [2.05, 4.69) is 5.32 Å². The van der Waals surface area contributed by atoms with Crippen molar-refractivity contribution in [2.75, 3.05) is 19.5 Å². The summed E-state index contributed by atoms with van der Waals surface area (Å²) in [6, 6.07) is 13.2. The molecule has 0 heterocycles. The average molecular weight is 264 g/mol. The van der Waals surface area contributed by atoms with Crippen LogP contribution in [0.15, 0.2) is 42.5 Å². The van der Waals surface area contributed by atoms with Crippen molar-refractivity contribution in [2.24, 2.45) is 0 Å². The number of methoxy groups -OCH3 is 2. The van der Waals surface area contributed by atoms with Crippen molar-refractivity contribution in [1.82, 2.24) is 0 Å². The lowest BCUT2D eigenvalue weighted by Gasteiger charge is -2.10. The molecular formula is C14H14ClNO2. The molecule has 0 aliphatic carbocycles. The highest BCUT2D eigenvalue weighted by Gasteiger charge is 2.02. The van der Waals surface area contributed by atoms with E-state index in [1.54, 1.807) is 14.2 Å². The van der Waals surface area contributed by atoms with Crippen LogP contribution in [0.4, 0.5) is 11.4 Å². The first-order valence-electron chi connectivity index (χ1n) is 5.47. The third kappa shape index (κ3) is 2.87. The molecule has 0 fully saturated rings. The smallest absolute Gasteiger partial charge is 0.137 e. The number of hydrogen-bond acceptors (Lipinski definition) is 3. The molecule has 0 aromatic heterocycles. The van der Waals surface area contributed by atoms with Crippen LogP contribution in [0.25, 0.3) is 0 Å². The Kier molecular flexibility index (Phi) is 3.95. The molecule has 0 spiro atoms. The summed E-state index contributed by atoms with van der Waals surface area (Å²) in [5.74, 6) is 1.47. The lowest BCUT2D eigenvalue weighted by Crippen LogP contribution is -1.92. The van der Waals surface area contributed by atoms with E-state index in [1.165, 1.54) is 0 Å². The summed E-state index contributed by atoms with van der Waals surface area (Å²) in [7, 11) is 3.24. The molecule has 0 aliphatic rings. The predicted octanol–water partition coefficient (Wildman–Crippen LogP) is 4.10. The Balaban J connectivity index is 2.20. The number of nitrogens with one attached hydrogen (secondary N) is 1. The largest absolute Gasteiger partial charge is 0.497 e. The third-order valence-electron chi connectivity index (χ3n) is 2.51. The van der Waals surface area contributed by atoms with E-state index >= 15 is 0 Å². The van der Waals surface area contributed by atoms with Crippen LogP contribution in [-0.2, 0) is 0 Å². The summed E-state index contributed by atoms with van der Waals surface area (Å²) in [5.41, 5.74) is 1.84. The van der Waals surface area contributed by atoms with E-state index < -0.39 is 0 Å². The Morgan fingerprint density at radius 2 is 1.72 bits per heavy atom. The van der Waals surface area contributed by atoms with Crippen LogP contribution in [0.5, 0.6) is 11.5 Å². The van der Waals surface area contributed by atoms with Crippen molar-refractivity contribution in [1.29, 1.82) is 0 Å². The van der Waals surface area contributed by atoms with E-state index in [-0.39, 0.29) is 0 Å². The molecule has 0 bridgehead atoms. The monoisotopic (exact) mass is 263 g/mol. The van der Waals surface area contributed by atoms with Gasteiger partial charge in [-0.15, -0.1) is 0 Å². The molecule has 18 heavy (non-hydrogen) atoms. The summed E-state index contributed by atoms with van der Waals surface area (Å²) in [6.45, 7) is 0. The molecule has 3 nitrogen and oxygen atoms in total. The lowest BCUT2D eigenvalue weighted by molar-refractivity contribution is 0.415. The molecule has 94 valence electrons. The van der Waals surface area contributed by atoms with Gasteiger partial charge in [-0.3, -0.25) is 0 Å². The zero-order valence-electron chi connectivity index (χ0n) is 10.2. The van der Waals surface area contributed by atoms with Crippen LogP contribution < -0.4 is 14.8 Å². The van der Waals surface area contributed by atoms with Gasteiger partial charge in [-0.25, -0.2) is 0 Å². The average Bonchev–Trinajstić information content (AvgIpc) is 2.39. The van der Waals surface area contributed by atoms with Gasteiger partial charge in [0.1, 0.15) is 11.5 Å². The second-order valence-corrected chi connectivity index (χ2v) is 4.11. The molecule has 0 atom stereocenters. The van der Waals surface area contributed by atoms with Gasteiger partial charge in [-0.2, -0.15) is 0 Å². The molecule has 2 aromatic rings. The summed E-state index contributed by atoms with van der Waals surface area (Å²) in [6.07, 6.45) is 0. The number of benzene rings is 2. The highest BCUT2D eigenvalue weighted by atomic mass is 35.5. The highest BCUT2D eigenvalue weighted by molar-refractivity contribution is 6.32. The van der Waals surface area contributed by atoms with E-state index in [0.717, 1.165) is 17.1 Å². The number of hydrogen-bond donors (Lipinski definition) is 1. The quantitative estimate of drug-likeness (QED) is 0.901. The Hall–Kier alpha value is -1.87. The Bertz CT molecular complexity index is 543. The number of halogens is 1. The number of ether oxygens (including phenoxy) is 2. The van der Waals surface area contributed by atoms with Gasteiger partial charge in [-0.1, -0.05) is 17.7 Å². The molecule has 0 saturated heterocycles. The predicted molar refractivity (Wildman–Crippen MR) is 74.3 cm³/mol. The fourth-order valence-electron chi connectivity index (χ4n) is 1.61. The van der Waals surface area contributed by atoms with E-state index in [0.29, 0.717) is 10.8 Å². The fourth-order valence-corrected chi connectivity index (χ4v) is 1.87. The zero-order valence-corrected chi connectivity index (χ0v) is 11.0. The molecule has 1 N–H and O–H groups in total. The van der Waals surface area contributed by atoms with Crippen LogP contribution in [0.1, 0.15) is 0 Å². The summed E-state index contributed by atoms with van der Waals surface area (Å²) >= 11 is 6.06. The van der Waals surface area contributed by atoms with E-state index in [1.807, 2.05) is 42.5 Å². The molecule has 2 rings (SSSR count). The first-order valence-corrected chi connectivity index (χ1v) is 5.85. The molecule has 0 saturated carbocycles. The molecule has 0 unspecified atom stereocenters. The van der Waals surface area contributed by atoms with Gasteiger partial charge >= 0.3 is 0 Å². The van der Waals surface area contributed by atoms with Crippen molar-refractivity contribution in [3.05, 3.63) is 47.5 Å². The van der Waals surface area contributed by atoms with Crippen LogP contribution >= 0.6 is 11.6 Å². The Labute approximate surface area is 111 Å². The van der Waals surface area contributed by atoms with Crippen molar-refractivity contribution in [3.63, 3.8) is 0 Å². The minimum Gasteiger partial charge on any atom is -0.497 e. The molecule has 0 aliphatic heterocycles. The first kappa shape index (κ1) is 12.6. The highest BCUT2D eigenvalue weighted by Crippen LogP contribution is 2.29. The van der Waals surface area contributed by atoms with Gasteiger partial charge in [0.2, 0.25) is 0 Å². The Morgan fingerprint density at radius 3 is 2.39 bits per heavy atom. The minimum absolute atomic E-state index is 0.574. The maximum absolute atomic E-state index is 6.06. The third-order valence-corrected chi connectivity index (χ3v) is 2.81. The molecule has 2 aromatic carbocycles. The van der Waals surface area contributed by atoms with Crippen LogP contribution in [0.2, 0.25) is 5.02 Å². The second-order valence-electron chi connectivity index (χ2n) is 3.71.